The van der Waals surface area contributed by atoms with E-state index in [2.05, 4.69) is 9.88 Å². The number of ketones is 2. The number of methoxy groups -OCH3 is 1. The molecule has 5 rings (SSSR count). The van der Waals surface area contributed by atoms with Gasteiger partial charge in [0.25, 0.3) is 0 Å². The van der Waals surface area contributed by atoms with Crippen LogP contribution >= 0.6 is 11.6 Å². The van der Waals surface area contributed by atoms with E-state index in [1.54, 1.807) is 31.4 Å². The highest BCUT2D eigenvalue weighted by Gasteiger charge is 2.30. The summed E-state index contributed by atoms with van der Waals surface area (Å²) >= 11 is 6.09. The van der Waals surface area contributed by atoms with Gasteiger partial charge in [-0.25, -0.2) is 0 Å². The van der Waals surface area contributed by atoms with Gasteiger partial charge in [0, 0.05) is 35.7 Å². The zero-order valence-electron chi connectivity index (χ0n) is 20.1. The molecule has 1 aromatic heterocycles. The number of nitrogens with one attached hydrogen (secondary N) is 1. The fraction of sp³-hybridized carbons (Fsp3) is 0.200. The molecule has 2 heterocycles. The predicted octanol–water partition coefficient (Wildman–Crippen LogP) is 6.68. The predicted molar refractivity (Wildman–Crippen MR) is 144 cm³/mol. The summed E-state index contributed by atoms with van der Waals surface area (Å²) in [4.78, 5) is 27.5. The molecule has 3 aromatic carbocycles. The minimum atomic E-state index is -0.125. The Bertz CT molecular complexity index is 1390. The van der Waals surface area contributed by atoms with Crippen LogP contribution < -0.4 is 10.1 Å². The Morgan fingerprint density at radius 2 is 1.64 bits per heavy atom. The van der Waals surface area contributed by atoms with E-state index in [1.807, 2.05) is 54.6 Å². The Hall–Kier alpha value is -3.83. The quantitative estimate of drug-likeness (QED) is 0.289. The third kappa shape index (κ3) is 4.67. The number of carbonyl (C=O) groups is 2. The number of carbonyl (C=O) groups excluding carboxylic acids is 2. The first-order valence-corrected chi connectivity index (χ1v) is 12.5. The molecular weight excluding hydrogens is 472 g/mol. The number of rotatable bonds is 7. The first kappa shape index (κ1) is 23.9. The van der Waals surface area contributed by atoms with Crippen molar-refractivity contribution in [3.63, 3.8) is 0 Å². The van der Waals surface area contributed by atoms with Crippen LogP contribution in [0.5, 0.6) is 5.75 Å². The van der Waals surface area contributed by atoms with E-state index < -0.39 is 0 Å². The van der Waals surface area contributed by atoms with Crippen LogP contribution in [0, 0.1) is 0 Å². The number of benzene rings is 3. The van der Waals surface area contributed by atoms with E-state index in [-0.39, 0.29) is 18.0 Å². The van der Waals surface area contributed by atoms with Gasteiger partial charge in [-0.05, 0) is 72.5 Å². The van der Waals surface area contributed by atoms with Crippen LogP contribution in [-0.2, 0) is 13.0 Å². The molecule has 1 N–H and O–H groups in total. The van der Waals surface area contributed by atoms with E-state index in [0.717, 1.165) is 54.3 Å². The Labute approximate surface area is 215 Å². The fourth-order valence-corrected chi connectivity index (χ4v) is 4.93. The number of ether oxygens (including phenoxy) is 1. The molecule has 0 saturated carbocycles. The van der Waals surface area contributed by atoms with Crippen molar-refractivity contribution in [3.05, 3.63) is 106 Å². The molecule has 182 valence electrons. The SMILES string of the molecule is COc1ccc(-c2c(CC(=O)c3ccccc3)c(C(=O)c3ccc(Cl)cc3)c3n2CCCCN3)cc1. The lowest BCUT2D eigenvalue weighted by Gasteiger charge is -2.13. The normalized spacial score (nSPS) is 12.8. The molecule has 0 atom stereocenters. The average Bonchev–Trinajstić information content (AvgIpc) is 3.03. The maximum atomic E-state index is 14.0. The van der Waals surface area contributed by atoms with Crippen LogP contribution in [0.25, 0.3) is 11.3 Å². The third-order valence-corrected chi connectivity index (χ3v) is 6.85. The summed E-state index contributed by atoms with van der Waals surface area (Å²) in [6.07, 6.45) is 2.08. The summed E-state index contributed by atoms with van der Waals surface area (Å²) in [6, 6.07) is 23.9. The molecule has 0 radical (unpaired) electrons. The minimum Gasteiger partial charge on any atom is -0.497 e. The first-order chi connectivity index (χ1) is 17.6. The molecule has 0 aliphatic carbocycles. The Balaban J connectivity index is 1.72. The average molecular weight is 499 g/mol. The van der Waals surface area contributed by atoms with Crippen molar-refractivity contribution >= 4 is 29.0 Å². The summed E-state index contributed by atoms with van der Waals surface area (Å²) in [5.41, 5.74) is 4.27. The van der Waals surface area contributed by atoms with Crippen molar-refractivity contribution < 1.29 is 14.3 Å². The smallest absolute Gasteiger partial charge is 0.197 e. The maximum Gasteiger partial charge on any atom is 0.197 e. The number of Topliss-reactive ketones (excluding diaryl/α,β-unsaturated/α-hetero) is 1. The van der Waals surface area contributed by atoms with Gasteiger partial charge in [0.15, 0.2) is 11.6 Å². The van der Waals surface area contributed by atoms with E-state index in [1.165, 1.54) is 0 Å². The second-order valence-electron chi connectivity index (χ2n) is 8.87. The number of aromatic nitrogens is 1. The van der Waals surface area contributed by atoms with E-state index in [4.69, 9.17) is 16.3 Å². The highest BCUT2D eigenvalue weighted by molar-refractivity contribution is 6.30. The Kier molecular flexibility index (Phi) is 6.92. The van der Waals surface area contributed by atoms with Crippen LogP contribution in [0.15, 0.2) is 78.9 Å². The van der Waals surface area contributed by atoms with Crippen LogP contribution in [0.2, 0.25) is 5.02 Å². The molecular formula is C30H27ClN2O3. The Morgan fingerprint density at radius 1 is 0.917 bits per heavy atom. The van der Waals surface area contributed by atoms with Crippen LogP contribution in [-0.4, -0.2) is 29.8 Å². The zero-order chi connectivity index (χ0) is 25.1. The highest BCUT2D eigenvalue weighted by Crippen LogP contribution is 2.39. The van der Waals surface area contributed by atoms with E-state index >= 15 is 0 Å². The van der Waals surface area contributed by atoms with Gasteiger partial charge in [0.05, 0.1) is 18.4 Å². The van der Waals surface area contributed by atoms with Crippen LogP contribution in [0.1, 0.15) is 44.7 Å². The molecule has 0 unspecified atom stereocenters. The van der Waals surface area contributed by atoms with Gasteiger partial charge in [0.1, 0.15) is 11.6 Å². The molecule has 4 aromatic rings. The van der Waals surface area contributed by atoms with Gasteiger partial charge in [-0.3, -0.25) is 9.59 Å². The zero-order valence-corrected chi connectivity index (χ0v) is 20.8. The van der Waals surface area contributed by atoms with Crippen molar-refractivity contribution in [1.82, 2.24) is 4.57 Å². The lowest BCUT2D eigenvalue weighted by molar-refractivity contribution is 0.0993. The molecule has 6 heteroatoms. The van der Waals surface area contributed by atoms with Crippen molar-refractivity contribution in [2.75, 3.05) is 19.0 Å². The van der Waals surface area contributed by atoms with Gasteiger partial charge in [-0.15, -0.1) is 0 Å². The highest BCUT2D eigenvalue weighted by atomic mass is 35.5. The van der Waals surface area contributed by atoms with E-state index in [0.29, 0.717) is 21.7 Å². The third-order valence-electron chi connectivity index (χ3n) is 6.60. The molecule has 1 aliphatic rings. The summed E-state index contributed by atoms with van der Waals surface area (Å²) < 4.78 is 7.54. The summed E-state index contributed by atoms with van der Waals surface area (Å²) in [6.45, 7) is 1.52. The van der Waals surface area contributed by atoms with E-state index in [9.17, 15) is 9.59 Å². The molecule has 1 aliphatic heterocycles. The largest absolute Gasteiger partial charge is 0.497 e. The molecule has 0 saturated heterocycles. The minimum absolute atomic E-state index is 0.0312. The number of hydrogen-bond donors (Lipinski definition) is 1. The van der Waals surface area contributed by atoms with Gasteiger partial charge < -0.3 is 14.6 Å². The summed E-state index contributed by atoms with van der Waals surface area (Å²) in [7, 11) is 1.63. The first-order valence-electron chi connectivity index (χ1n) is 12.1. The topological polar surface area (TPSA) is 60.3 Å². The number of halogens is 1. The monoisotopic (exact) mass is 498 g/mol. The second kappa shape index (κ2) is 10.4. The van der Waals surface area contributed by atoms with Crippen LogP contribution in [0.4, 0.5) is 5.82 Å². The summed E-state index contributed by atoms with van der Waals surface area (Å²) in [5.74, 6) is 1.37. The molecule has 0 amide bonds. The maximum absolute atomic E-state index is 14.0. The standard InChI is InChI=1S/C30H27ClN2O3/c1-36-24-15-11-21(12-16-24)28-25(19-26(34)20-7-3-2-4-8-20)27(30-32-17-5-6-18-33(28)30)29(35)22-9-13-23(31)14-10-22/h2-4,7-16,32H,5-6,17-19H2,1H3. The number of nitrogens with zero attached hydrogens (tertiary/aromatic N) is 1. The number of anilines is 1. The molecule has 0 fully saturated rings. The van der Waals surface area contributed by atoms with Gasteiger partial charge >= 0.3 is 0 Å². The lowest BCUT2D eigenvalue weighted by atomic mass is 9.93. The van der Waals surface area contributed by atoms with Crippen molar-refractivity contribution in [1.29, 1.82) is 0 Å². The lowest BCUT2D eigenvalue weighted by Crippen LogP contribution is -2.12. The Morgan fingerprint density at radius 3 is 2.33 bits per heavy atom. The van der Waals surface area contributed by atoms with Crippen molar-refractivity contribution in [2.45, 2.75) is 25.8 Å². The molecule has 5 nitrogen and oxygen atoms in total. The van der Waals surface area contributed by atoms with Crippen molar-refractivity contribution in [3.8, 4) is 17.0 Å². The van der Waals surface area contributed by atoms with Crippen LogP contribution in [0.3, 0.4) is 0 Å². The fourth-order valence-electron chi connectivity index (χ4n) is 4.81. The molecule has 36 heavy (non-hydrogen) atoms. The number of fused-ring (bicyclic) bond motifs is 1. The van der Waals surface area contributed by atoms with Crippen molar-refractivity contribution in [2.24, 2.45) is 0 Å². The molecule has 0 bridgehead atoms. The summed E-state index contributed by atoms with van der Waals surface area (Å²) in [5, 5.41) is 4.07. The van der Waals surface area contributed by atoms with Gasteiger partial charge in [-0.1, -0.05) is 41.9 Å². The van der Waals surface area contributed by atoms with Gasteiger partial charge in [-0.2, -0.15) is 0 Å². The number of hydrogen-bond acceptors (Lipinski definition) is 4. The second-order valence-corrected chi connectivity index (χ2v) is 9.30. The molecule has 0 spiro atoms. The van der Waals surface area contributed by atoms with Gasteiger partial charge in [0.2, 0.25) is 0 Å².